The average molecular weight is 232 g/mol. The molecule has 0 radical (unpaired) electrons. The minimum Gasteiger partial charge on any atom is -0.398 e. The van der Waals surface area contributed by atoms with Gasteiger partial charge >= 0.3 is 0 Å². The van der Waals surface area contributed by atoms with E-state index < -0.39 is 0 Å². The molecule has 2 unspecified atom stereocenters. The Hall–Kier alpha value is -1.02. The summed E-state index contributed by atoms with van der Waals surface area (Å²) in [5.74, 6) is 0.906. The van der Waals surface area contributed by atoms with Crippen LogP contribution in [0.4, 0.5) is 5.69 Å². The molecule has 2 rings (SSSR count). The number of para-hydroxylation sites is 1. The molecule has 17 heavy (non-hydrogen) atoms. The van der Waals surface area contributed by atoms with Crippen molar-refractivity contribution in [3.8, 4) is 0 Å². The summed E-state index contributed by atoms with van der Waals surface area (Å²) >= 11 is 0. The number of nitrogens with one attached hydrogen (secondary N) is 1. The van der Waals surface area contributed by atoms with Crippen LogP contribution >= 0.6 is 0 Å². The van der Waals surface area contributed by atoms with Crippen LogP contribution in [0.5, 0.6) is 0 Å². The molecule has 1 aliphatic rings. The number of nitrogens with two attached hydrogens (primary N) is 1. The van der Waals surface area contributed by atoms with Crippen LogP contribution in [-0.2, 0) is 6.54 Å². The maximum atomic E-state index is 5.95. The lowest BCUT2D eigenvalue weighted by molar-refractivity contribution is 0.447. The van der Waals surface area contributed by atoms with Crippen LogP contribution in [0.3, 0.4) is 0 Å². The first kappa shape index (κ1) is 12.4. The number of benzene rings is 1. The van der Waals surface area contributed by atoms with Crippen LogP contribution in [0.25, 0.3) is 0 Å². The number of nitrogen functional groups attached to an aromatic ring is 1. The Labute approximate surface area is 105 Å². The van der Waals surface area contributed by atoms with Crippen molar-refractivity contribution in [3.05, 3.63) is 29.8 Å². The molecule has 2 atom stereocenters. The van der Waals surface area contributed by atoms with Crippen LogP contribution < -0.4 is 11.1 Å². The summed E-state index contributed by atoms with van der Waals surface area (Å²) in [5.41, 5.74) is 8.08. The third-order valence-corrected chi connectivity index (χ3v) is 3.89. The van der Waals surface area contributed by atoms with Crippen molar-refractivity contribution in [1.82, 2.24) is 5.32 Å². The first-order chi connectivity index (χ1) is 8.25. The van der Waals surface area contributed by atoms with Crippen LogP contribution in [-0.4, -0.2) is 6.04 Å². The quantitative estimate of drug-likeness (QED) is 0.619. The van der Waals surface area contributed by atoms with Gasteiger partial charge in [0.25, 0.3) is 0 Å². The number of hydrogen-bond donors (Lipinski definition) is 2. The molecule has 0 spiro atoms. The second kappa shape index (κ2) is 6.06. The second-order valence-corrected chi connectivity index (χ2v) is 5.39. The minimum absolute atomic E-state index is 0.680. The molecule has 0 aromatic heterocycles. The predicted octanol–water partition coefficient (Wildman–Crippen LogP) is 3.33. The SMILES string of the molecule is CC1CCCC(NCc2ccccc2N)CC1. The molecule has 94 valence electrons. The lowest BCUT2D eigenvalue weighted by Gasteiger charge is -2.17. The van der Waals surface area contributed by atoms with Gasteiger partial charge in [0.1, 0.15) is 0 Å². The normalized spacial score (nSPS) is 25.5. The summed E-state index contributed by atoms with van der Waals surface area (Å²) in [5, 5.41) is 3.66. The molecular formula is C15H24N2. The zero-order valence-corrected chi connectivity index (χ0v) is 10.8. The van der Waals surface area contributed by atoms with Gasteiger partial charge in [-0.3, -0.25) is 0 Å². The molecule has 1 aromatic rings. The highest BCUT2D eigenvalue weighted by Crippen LogP contribution is 2.23. The van der Waals surface area contributed by atoms with E-state index in [0.29, 0.717) is 6.04 Å². The highest BCUT2D eigenvalue weighted by atomic mass is 14.9. The van der Waals surface area contributed by atoms with Gasteiger partial charge < -0.3 is 11.1 Å². The Morgan fingerprint density at radius 2 is 2.00 bits per heavy atom. The molecule has 0 aliphatic heterocycles. The maximum absolute atomic E-state index is 5.95. The van der Waals surface area contributed by atoms with Crippen LogP contribution in [0.1, 0.15) is 44.6 Å². The molecule has 2 heteroatoms. The van der Waals surface area contributed by atoms with Gasteiger partial charge in [0.2, 0.25) is 0 Å². The second-order valence-electron chi connectivity index (χ2n) is 5.39. The van der Waals surface area contributed by atoms with Gasteiger partial charge in [-0.15, -0.1) is 0 Å². The fourth-order valence-electron chi connectivity index (χ4n) is 2.64. The van der Waals surface area contributed by atoms with Crippen molar-refractivity contribution in [2.45, 2.75) is 51.6 Å². The molecule has 0 bridgehead atoms. The molecule has 1 fully saturated rings. The standard InChI is InChI=1S/C15H24N2/c1-12-5-4-7-14(10-9-12)17-11-13-6-2-3-8-15(13)16/h2-3,6,8,12,14,17H,4-5,7,9-11,16H2,1H3. The van der Waals surface area contributed by atoms with Crippen molar-refractivity contribution in [3.63, 3.8) is 0 Å². The first-order valence-corrected chi connectivity index (χ1v) is 6.82. The van der Waals surface area contributed by atoms with E-state index in [4.69, 9.17) is 5.73 Å². The summed E-state index contributed by atoms with van der Waals surface area (Å²) in [6.07, 6.45) is 6.75. The third kappa shape index (κ3) is 3.74. The van der Waals surface area contributed by atoms with Gasteiger partial charge in [-0.2, -0.15) is 0 Å². The molecule has 0 saturated heterocycles. The van der Waals surface area contributed by atoms with E-state index in [0.717, 1.165) is 18.2 Å². The zero-order chi connectivity index (χ0) is 12.1. The lowest BCUT2D eigenvalue weighted by atomic mass is 10.0. The molecule has 1 saturated carbocycles. The number of rotatable bonds is 3. The van der Waals surface area contributed by atoms with E-state index in [2.05, 4.69) is 24.4 Å². The molecule has 1 aromatic carbocycles. The number of hydrogen-bond acceptors (Lipinski definition) is 2. The van der Waals surface area contributed by atoms with Crippen molar-refractivity contribution in [2.24, 2.45) is 5.92 Å². The zero-order valence-electron chi connectivity index (χ0n) is 10.8. The van der Waals surface area contributed by atoms with Crippen LogP contribution in [0, 0.1) is 5.92 Å². The number of anilines is 1. The fourth-order valence-corrected chi connectivity index (χ4v) is 2.64. The Kier molecular flexibility index (Phi) is 4.43. The Morgan fingerprint density at radius 3 is 2.82 bits per heavy atom. The van der Waals surface area contributed by atoms with Crippen molar-refractivity contribution >= 4 is 5.69 Å². The average Bonchev–Trinajstić information content (AvgIpc) is 2.53. The third-order valence-electron chi connectivity index (χ3n) is 3.89. The van der Waals surface area contributed by atoms with Crippen molar-refractivity contribution in [1.29, 1.82) is 0 Å². The fraction of sp³-hybridized carbons (Fsp3) is 0.600. The van der Waals surface area contributed by atoms with Gasteiger partial charge in [0.05, 0.1) is 0 Å². The highest BCUT2D eigenvalue weighted by Gasteiger charge is 2.15. The van der Waals surface area contributed by atoms with E-state index >= 15 is 0 Å². The Bertz CT molecular complexity index is 349. The smallest absolute Gasteiger partial charge is 0.0359 e. The monoisotopic (exact) mass is 232 g/mol. The predicted molar refractivity (Wildman–Crippen MR) is 73.7 cm³/mol. The largest absolute Gasteiger partial charge is 0.398 e. The van der Waals surface area contributed by atoms with E-state index in [9.17, 15) is 0 Å². The van der Waals surface area contributed by atoms with Crippen LogP contribution in [0.15, 0.2) is 24.3 Å². The molecule has 2 nitrogen and oxygen atoms in total. The van der Waals surface area contributed by atoms with Gasteiger partial charge in [0.15, 0.2) is 0 Å². The topological polar surface area (TPSA) is 38.0 Å². The Balaban J connectivity index is 1.83. The summed E-state index contributed by atoms with van der Waals surface area (Å²) in [4.78, 5) is 0. The van der Waals surface area contributed by atoms with Crippen molar-refractivity contribution in [2.75, 3.05) is 5.73 Å². The van der Waals surface area contributed by atoms with Crippen molar-refractivity contribution < 1.29 is 0 Å². The van der Waals surface area contributed by atoms with Gasteiger partial charge in [-0.25, -0.2) is 0 Å². The van der Waals surface area contributed by atoms with Gasteiger partial charge in [0, 0.05) is 18.3 Å². The van der Waals surface area contributed by atoms with Crippen LogP contribution in [0.2, 0.25) is 0 Å². The summed E-state index contributed by atoms with van der Waals surface area (Å²) in [6.45, 7) is 3.28. The van der Waals surface area contributed by atoms with E-state index in [1.807, 2.05) is 12.1 Å². The summed E-state index contributed by atoms with van der Waals surface area (Å²) < 4.78 is 0. The van der Waals surface area contributed by atoms with E-state index in [1.54, 1.807) is 0 Å². The Morgan fingerprint density at radius 1 is 1.18 bits per heavy atom. The first-order valence-electron chi connectivity index (χ1n) is 6.82. The van der Waals surface area contributed by atoms with Gasteiger partial charge in [-0.05, 0) is 36.8 Å². The highest BCUT2D eigenvalue weighted by molar-refractivity contribution is 5.46. The molecular weight excluding hydrogens is 208 g/mol. The molecule has 0 heterocycles. The summed E-state index contributed by atoms with van der Waals surface area (Å²) in [6, 6.07) is 8.82. The minimum atomic E-state index is 0.680. The summed E-state index contributed by atoms with van der Waals surface area (Å²) in [7, 11) is 0. The molecule has 0 amide bonds. The molecule has 1 aliphatic carbocycles. The van der Waals surface area contributed by atoms with Gasteiger partial charge in [-0.1, -0.05) is 38.0 Å². The van der Waals surface area contributed by atoms with E-state index in [-0.39, 0.29) is 0 Å². The molecule has 3 N–H and O–H groups in total. The maximum Gasteiger partial charge on any atom is 0.0359 e. The van der Waals surface area contributed by atoms with E-state index in [1.165, 1.54) is 37.7 Å². The lowest BCUT2D eigenvalue weighted by Crippen LogP contribution is -2.28.